The lowest BCUT2D eigenvalue weighted by atomic mass is 10.0. The van der Waals surface area contributed by atoms with Crippen LogP contribution in [0.25, 0.3) is 0 Å². The standard InChI is InChI=1S/C17H29N3O/c1-13-10-20(11-17(13)19(2)3)16(9-18)15-7-5-14(6-8-15)12-21-4/h5-8,13,16-17H,9-12,18H2,1-4H3. The van der Waals surface area contributed by atoms with Gasteiger partial charge in [0.15, 0.2) is 0 Å². The maximum Gasteiger partial charge on any atom is 0.0713 e. The number of nitrogens with two attached hydrogens (primary N) is 1. The molecule has 3 unspecified atom stereocenters. The van der Waals surface area contributed by atoms with Gasteiger partial charge >= 0.3 is 0 Å². The van der Waals surface area contributed by atoms with Gasteiger partial charge in [0, 0.05) is 38.8 Å². The largest absolute Gasteiger partial charge is 0.380 e. The summed E-state index contributed by atoms with van der Waals surface area (Å²) in [7, 11) is 6.06. The molecule has 0 spiro atoms. The number of nitrogens with zero attached hydrogens (tertiary/aromatic N) is 2. The topological polar surface area (TPSA) is 41.7 Å². The molecule has 0 amide bonds. The number of benzene rings is 1. The minimum atomic E-state index is 0.314. The highest BCUT2D eigenvalue weighted by molar-refractivity contribution is 5.25. The molecule has 21 heavy (non-hydrogen) atoms. The van der Waals surface area contributed by atoms with E-state index in [1.165, 1.54) is 11.1 Å². The maximum absolute atomic E-state index is 6.07. The molecule has 0 aliphatic carbocycles. The van der Waals surface area contributed by atoms with Crippen LogP contribution >= 0.6 is 0 Å². The van der Waals surface area contributed by atoms with Gasteiger partial charge in [-0.2, -0.15) is 0 Å². The summed E-state index contributed by atoms with van der Waals surface area (Å²) in [6.07, 6.45) is 0. The Hall–Kier alpha value is -0.940. The van der Waals surface area contributed by atoms with Crippen LogP contribution in [-0.2, 0) is 11.3 Å². The zero-order valence-electron chi connectivity index (χ0n) is 13.7. The molecule has 1 aromatic rings. The second kappa shape index (κ2) is 7.36. The van der Waals surface area contributed by atoms with Gasteiger partial charge in [0.2, 0.25) is 0 Å². The van der Waals surface area contributed by atoms with Crippen molar-refractivity contribution in [3.8, 4) is 0 Å². The first-order valence-corrected chi connectivity index (χ1v) is 7.75. The quantitative estimate of drug-likeness (QED) is 0.866. The van der Waals surface area contributed by atoms with Crippen LogP contribution in [0.4, 0.5) is 0 Å². The van der Waals surface area contributed by atoms with Crippen molar-refractivity contribution in [2.75, 3.05) is 40.8 Å². The predicted octanol–water partition coefficient (Wildman–Crippen LogP) is 1.71. The van der Waals surface area contributed by atoms with Crippen LogP contribution in [0.5, 0.6) is 0 Å². The number of rotatable bonds is 6. The molecule has 118 valence electrons. The highest BCUT2D eigenvalue weighted by Crippen LogP contribution is 2.29. The first-order valence-electron chi connectivity index (χ1n) is 7.75. The van der Waals surface area contributed by atoms with Gasteiger partial charge in [0.05, 0.1) is 6.61 Å². The second-order valence-corrected chi connectivity index (χ2v) is 6.39. The average molecular weight is 291 g/mol. The Kier molecular flexibility index (Phi) is 5.76. The summed E-state index contributed by atoms with van der Waals surface area (Å²) < 4.78 is 5.17. The van der Waals surface area contributed by atoms with Gasteiger partial charge in [0.25, 0.3) is 0 Å². The van der Waals surface area contributed by atoms with Gasteiger partial charge in [-0.1, -0.05) is 31.2 Å². The number of ether oxygens (including phenoxy) is 1. The molecular formula is C17H29N3O. The van der Waals surface area contributed by atoms with E-state index in [2.05, 4.69) is 55.1 Å². The molecule has 2 rings (SSSR count). The van der Waals surface area contributed by atoms with E-state index < -0.39 is 0 Å². The van der Waals surface area contributed by atoms with Crippen LogP contribution in [0.15, 0.2) is 24.3 Å². The van der Waals surface area contributed by atoms with Crippen LogP contribution in [0, 0.1) is 5.92 Å². The molecular weight excluding hydrogens is 262 g/mol. The van der Waals surface area contributed by atoms with Gasteiger partial charge in [-0.25, -0.2) is 0 Å². The third kappa shape index (κ3) is 3.83. The number of methoxy groups -OCH3 is 1. The Bertz CT molecular complexity index is 432. The van der Waals surface area contributed by atoms with E-state index in [1.54, 1.807) is 7.11 Å². The number of likely N-dealkylation sites (tertiary alicyclic amines) is 1. The van der Waals surface area contributed by atoms with Gasteiger partial charge in [0.1, 0.15) is 0 Å². The summed E-state index contributed by atoms with van der Waals surface area (Å²) in [6, 6.07) is 9.61. The van der Waals surface area contributed by atoms with Crippen molar-refractivity contribution in [2.24, 2.45) is 11.7 Å². The Labute approximate surface area is 128 Å². The van der Waals surface area contributed by atoms with E-state index in [1.807, 2.05) is 0 Å². The van der Waals surface area contributed by atoms with E-state index in [9.17, 15) is 0 Å². The molecule has 0 aromatic heterocycles. The van der Waals surface area contributed by atoms with E-state index in [-0.39, 0.29) is 0 Å². The molecule has 1 aliphatic heterocycles. The molecule has 4 nitrogen and oxygen atoms in total. The molecule has 1 saturated heterocycles. The molecule has 1 aromatic carbocycles. The molecule has 1 aliphatic rings. The van der Waals surface area contributed by atoms with Crippen LogP contribution in [0.2, 0.25) is 0 Å². The van der Waals surface area contributed by atoms with E-state index in [0.717, 1.165) is 13.1 Å². The van der Waals surface area contributed by atoms with Crippen LogP contribution in [0.3, 0.4) is 0 Å². The fourth-order valence-electron chi connectivity index (χ4n) is 3.41. The van der Waals surface area contributed by atoms with Crippen molar-refractivity contribution in [1.82, 2.24) is 9.80 Å². The molecule has 3 atom stereocenters. The van der Waals surface area contributed by atoms with Crippen LogP contribution in [-0.4, -0.2) is 56.7 Å². The minimum absolute atomic E-state index is 0.314. The Balaban J connectivity index is 2.09. The normalized spacial score (nSPS) is 24.7. The smallest absolute Gasteiger partial charge is 0.0713 e. The summed E-state index contributed by atoms with van der Waals surface area (Å²) in [6.45, 7) is 5.87. The Morgan fingerprint density at radius 3 is 2.43 bits per heavy atom. The van der Waals surface area contributed by atoms with Crippen molar-refractivity contribution >= 4 is 0 Å². The summed E-state index contributed by atoms with van der Waals surface area (Å²) in [5, 5.41) is 0. The van der Waals surface area contributed by atoms with Crippen LogP contribution in [0.1, 0.15) is 24.1 Å². The molecule has 0 bridgehead atoms. The minimum Gasteiger partial charge on any atom is -0.380 e. The molecule has 4 heteroatoms. The van der Waals surface area contributed by atoms with Crippen molar-refractivity contribution in [3.63, 3.8) is 0 Å². The molecule has 1 heterocycles. The van der Waals surface area contributed by atoms with Gasteiger partial charge in [-0.3, -0.25) is 4.90 Å². The lowest BCUT2D eigenvalue weighted by Crippen LogP contribution is -2.36. The zero-order chi connectivity index (χ0) is 15.4. The predicted molar refractivity (Wildman–Crippen MR) is 87.2 cm³/mol. The molecule has 0 radical (unpaired) electrons. The second-order valence-electron chi connectivity index (χ2n) is 6.39. The van der Waals surface area contributed by atoms with Gasteiger partial charge < -0.3 is 15.4 Å². The highest BCUT2D eigenvalue weighted by Gasteiger charge is 2.34. The zero-order valence-corrected chi connectivity index (χ0v) is 13.7. The van der Waals surface area contributed by atoms with Crippen molar-refractivity contribution in [3.05, 3.63) is 35.4 Å². The molecule has 0 saturated carbocycles. The molecule has 2 N–H and O–H groups in total. The first kappa shape index (κ1) is 16.4. The van der Waals surface area contributed by atoms with E-state index >= 15 is 0 Å². The lowest BCUT2D eigenvalue weighted by molar-refractivity contribution is 0.184. The maximum atomic E-state index is 6.07. The summed E-state index contributed by atoms with van der Waals surface area (Å²) in [4.78, 5) is 4.86. The van der Waals surface area contributed by atoms with Crippen molar-refractivity contribution in [1.29, 1.82) is 0 Å². The number of hydrogen-bond donors (Lipinski definition) is 1. The third-order valence-corrected chi connectivity index (χ3v) is 4.60. The average Bonchev–Trinajstić information content (AvgIpc) is 2.84. The Morgan fingerprint density at radius 1 is 1.29 bits per heavy atom. The lowest BCUT2D eigenvalue weighted by Gasteiger charge is -2.28. The number of hydrogen-bond acceptors (Lipinski definition) is 4. The number of likely N-dealkylation sites (N-methyl/N-ethyl adjacent to an activating group) is 1. The fourth-order valence-corrected chi connectivity index (χ4v) is 3.41. The summed E-state index contributed by atoms with van der Waals surface area (Å²) >= 11 is 0. The van der Waals surface area contributed by atoms with Gasteiger partial charge in [-0.05, 0) is 31.1 Å². The van der Waals surface area contributed by atoms with Crippen molar-refractivity contribution < 1.29 is 4.74 Å². The Morgan fingerprint density at radius 2 is 1.95 bits per heavy atom. The fraction of sp³-hybridized carbons (Fsp3) is 0.647. The van der Waals surface area contributed by atoms with Crippen molar-refractivity contribution in [2.45, 2.75) is 25.6 Å². The van der Waals surface area contributed by atoms with E-state index in [0.29, 0.717) is 31.2 Å². The van der Waals surface area contributed by atoms with Gasteiger partial charge in [-0.15, -0.1) is 0 Å². The first-order chi connectivity index (χ1) is 10.1. The summed E-state index contributed by atoms with van der Waals surface area (Å²) in [5.41, 5.74) is 8.58. The summed E-state index contributed by atoms with van der Waals surface area (Å²) in [5.74, 6) is 0.682. The monoisotopic (exact) mass is 291 g/mol. The molecule has 1 fully saturated rings. The SMILES string of the molecule is COCc1ccc(C(CN)N2CC(C)C(N(C)C)C2)cc1. The van der Waals surface area contributed by atoms with E-state index in [4.69, 9.17) is 10.5 Å². The third-order valence-electron chi connectivity index (χ3n) is 4.60. The highest BCUT2D eigenvalue weighted by atomic mass is 16.5. The van der Waals surface area contributed by atoms with Crippen LogP contribution < -0.4 is 5.73 Å².